The number of nitrogens with zero attached hydrogens (tertiary/aromatic N) is 2. The molecule has 4 nitrogen and oxygen atoms in total. The fourth-order valence-corrected chi connectivity index (χ4v) is 3.69. The van der Waals surface area contributed by atoms with Gasteiger partial charge in [0, 0.05) is 4.88 Å². The number of thiophene rings is 1. The Labute approximate surface area is 148 Å². The molecule has 0 aliphatic carbocycles. The lowest BCUT2D eigenvalue weighted by atomic mass is 10.1. The summed E-state index contributed by atoms with van der Waals surface area (Å²) in [6, 6.07) is 18.9. The Kier molecular flexibility index (Phi) is 3.86. The third-order valence-electron chi connectivity index (χ3n) is 4.20. The van der Waals surface area contributed by atoms with Crippen LogP contribution in [0, 0.1) is 6.92 Å². The van der Waals surface area contributed by atoms with Gasteiger partial charge in [-0.15, -0.1) is 11.3 Å². The molecular formula is C20H16N2O2S. The molecule has 124 valence electrons. The lowest BCUT2D eigenvalue weighted by molar-refractivity contribution is 0.692. The van der Waals surface area contributed by atoms with Gasteiger partial charge in [-0.3, -0.25) is 13.9 Å². The summed E-state index contributed by atoms with van der Waals surface area (Å²) in [6.07, 6.45) is 0. The van der Waals surface area contributed by atoms with Crippen LogP contribution in [0.5, 0.6) is 0 Å². The van der Waals surface area contributed by atoms with E-state index in [2.05, 4.69) is 0 Å². The standard InChI is InChI=1S/C20H16N2O2S/c1-14-9-10-18-17(12-14)19(23)21(13-16-8-5-11-25-16)20(24)22(18)15-6-3-2-4-7-15/h2-12H,13H2,1H3. The fraction of sp³-hybridized carbons (Fsp3) is 0.100. The van der Waals surface area contributed by atoms with Crippen LogP contribution < -0.4 is 11.2 Å². The van der Waals surface area contributed by atoms with Crippen LogP contribution in [-0.2, 0) is 6.54 Å². The average molecular weight is 348 g/mol. The van der Waals surface area contributed by atoms with Crippen LogP contribution in [0.15, 0.2) is 75.6 Å². The van der Waals surface area contributed by atoms with E-state index in [4.69, 9.17) is 0 Å². The maximum Gasteiger partial charge on any atom is 0.336 e. The second-order valence-electron chi connectivity index (χ2n) is 5.94. The maximum atomic E-state index is 13.1. The zero-order chi connectivity index (χ0) is 17.4. The molecule has 4 aromatic rings. The van der Waals surface area contributed by atoms with Gasteiger partial charge < -0.3 is 0 Å². The predicted molar refractivity (Wildman–Crippen MR) is 102 cm³/mol. The number of rotatable bonds is 3. The van der Waals surface area contributed by atoms with E-state index in [0.717, 1.165) is 16.1 Å². The van der Waals surface area contributed by atoms with Gasteiger partial charge in [-0.05, 0) is 42.6 Å². The Hall–Kier alpha value is -2.92. The molecule has 0 saturated carbocycles. The molecule has 0 N–H and O–H groups in total. The van der Waals surface area contributed by atoms with Crippen LogP contribution in [0.3, 0.4) is 0 Å². The molecule has 0 unspecified atom stereocenters. The minimum absolute atomic E-state index is 0.246. The van der Waals surface area contributed by atoms with Gasteiger partial charge in [-0.2, -0.15) is 0 Å². The Morgan fingerprint density at radius 1 is 0.960 bits per heavy atom. The van der Waals surface area contributed by atoms with Crippen LogP contribution in [0.4, 0.5) is 0 Å². The van der Waals surface area contributed by atoms with Crippen molar-refractivity contribution in [1.82, 2.24) is 9.13 Å². The smallest absolute Gasteiger partial charge is 0.268 e. The van der Waals surface area contributed by atoms with Crippen molar-refractivity contribution in [3.63, 3.8) is 0 Å². The fourth-order valence-electron chi connectivity index (χ4n) is 3.00. The summed E-state index contributed by atoms with van der Waals surface area (Å²) >= 11 is 1.54. The highest BCUT2D eigenvalue weighted by Gasteiger charge is 2.15. The van der Waals surface area contributed by atoms with E-state index in [9.17, 15) is 9.59 Å². The Morgan fingerprint density at radius 3 is 2.48 bits per heavy atom. The van der Waals surface area contributed by atoms with Gasteiger partial charge in [0.1, 0.15) is 0 Å². The minimum atomic E-state index is -0.319. The molecule has 2 aromatic heterocycles. The van der Waals surface area contributed by atoms with Crippen molar-refractivity contribution in [2.45, 2.75) is 13.5 Å². The second kappa shape index (κ2) is 6.18. The zero-order valence-corrected chi connectivity index (χ0v) is 14.5. The third-order valence-corrected chi connectivity index (χ3v) is 5.06. The third kappa shape index (κ3) is 2.72. The average Bonchev–Trinajstić information content (AvgIpc) is 3.13. The first-order valence-corrected chi connectivity index (χ1v) is 8.87. The molecule has 0 spiro atoms. The number of hydrogen-bond donors (Lipinski definition) is 0. The number of aromatic nitrogens is 2. The van der Waals surface area contributed by atoms with Crippen molar-refractivity contribution in [1.29, 1.82) is 0 Å². The lowest BCUT2D eigenvalue weighted by Crippen LogP contribution is -2.39. The highest BCUT2D eigenvalue weighted by molar-refractivity contribution is 7.09. The van der Waals surface area contributed by atoms with E-state index < -0.39 is 0 Å². The molecule has 5 heteroatoms. The van der Waals surface area contributed by atoms with Crippen LogP contribution in [-0.4, -0.2) is 9.13 Å². The molecule has 4 rings (SSSR count). The Balaban J connectivity index is 2.09. The molecular weight excluding hydrogens is 332 g/mol. The SMILES string of the molecule is Cc1ccc2c(c1)c(=O)n(Cc1cccs1)c(=O)n2-c1ccccc1. The molecule has 0 amide bonds. The molecule has 0 bridgehead atoms. The molecule has 2 aromatic carbocycles. The van der Waals surface area contributed by atoms with Gasteiger partial charge in [0.05, 0.1) is 23.1 Å². The van der Waals surface area contributed by atoms with Gasteiger partial charge in [0.2, 0.25) is 0 Å². The number of hydrogen-bond acceptors (Lipinski definition) is 3. The number of aryl methyl sites for hydroxylation is 1. The monoisotopic (exact) mass is 348 g/mol. The summed E-state index contributed by atoms with van der Waals surface area (Å²) in [5, 5.41) is 2.50. The largest absolute Gasteiger partial charge is 0.336 e. The Morgan fingerprint density at radius 2 is 1.76 bits per heavy atom. The van der Waals surface area contributed by atoms with E-state index in [1.807, 2.05) is 73.0 Å². The van der Waals surface area contributed by atoms with Gasteiger partial charge in [-0.25, -0.2) is 4.79 Å². The molecule has 25 heavy (non-hydrogen) atoms. The van der Waals surface area contributed by atoms with Gasteiger partial charge in [-0.1, -0.05) is 35.9 Å². The summed E-state index contributed by atoms with van der Waals surface area (Å²) in [5.41, 5.74) is 1.81. The van der Waals surface area contributed by atoms with E-state index in [0.29, 0.717) is 10.9 Å². The molecule has 0 radical (unpaired) electrons. The normalized spacial score (nSPS) is 11.1. The molecule has 0 atom stereocenters. The Bertz CT molecular complexity index is 1160. The predicted octanol–water partition coefficient (Wildman–Crippen LogP) is 3.57. The first-order valence-electron chi connectivity index (χ1n) is 7.99. The summed E-state index contributed by atoms with van der Waals surface area (Å²) < 4.78 is 2.93. The van der Waals surface area contributed by atoms with Crippen molar-refractivity contribution >= 4 is 22.2 Å². The van der Waals surface area contributed by atoms with Crippen LogP contribution >= 0.6 is 11.3 Å². The zero-order valence-electron chi connectivity index (χ0n) is 13.7. The molecule has 0 saturated heterocycles. The molecule has 0 aliphatic rings. The highest BCUT2D eigenvalue weighted by Crippen LogP contribution is 2.16. The summed E-state index contributed by atoms with van der Waals surface area (Å²) in [4.78, 5) is 27.1. The molecule has 2 heterocycles. The van der Waals surface area contributed by atoms with E-state index in [1.54, 1.807) is 4.57 Å². The highest BCUT2D eigenvalue weighted by atomic mass is 32.1. The van der Waals surface area contributed by atoms with Crippen LogP contribution in [0.2, 0.25) is 0 Å². The van der Waals surface area contributed by atoms with Gasteiger partial charge >= 0.3 is 5.69 Å². The first-order chi connectivity index (χ1) is 12.1. The maximum absolute atomic E-state index is 13.1. The molecule has 0 fully saturated rings. The van der Waals surface area contributed by atoms with Crippen molar-refractivity contribution < 1.29 is 0 Å². The van der Waals surface area contributed by atoms with E-state index >= 15 is 0 Å². The van der Waals surface area contributed by atoms with Crippen molar-refractivity contribution in [2.75, 3.05) is 0 Å². The lowest BCUT2D eigenvalue weighted by Gasteiger charge is -2.14. The summed E-state index contributed by atoms with van der Waals surface area (Å²) in [6.45, 7) is 2.23. The van der Waals surface area contributed by atoms with Gasteiger partial charge in [0.15, 0.2) is 0 Å². The number of fused-ring (bicyclic) bond motifs is 1. The topological polar surface area (TPSA) is 44.0 Å². The second-order valence-corrected chi connectivity index (χ2v) is 6.98. The first kappa shape index (κ1) is 15.6. The number of para-hydroxylation sites is 1. The van der Waals surface area contributed by atoms with Crippen LogP contribution in [0.25, 0.3) is 16.6 Å². The summed E-state index contributed by atoms with van der Waals surface area (Å²) in [5.74, 6) is 0. The van der Waals surface area contributed by atoms with E-state index in [1.165, 1.54) is 15.9 Å². The van der Waals surface area contributed by atoms with Gasteiger partial charge in [0.25, 0.3) is 5.56 Å². The van der Waals surface area contributed by atoms with Crippen LogP contribution in [0.1, 0.15) is 10.4 Å². The minimum Gasteiger partial charge on any atom is -0.268 e. The van der Waals surface area contributed by atoms with Crippen molar-refractivity contribution in [2.24, 2.45) is 0 Å². The molecule has 0 aliphatic heterocycles. The van der Waals surface area contributed by atoms with E-state index in [-0.39, 0.29) is 17.8 Å². The number of benzene rings is 2. The van der Waals surface area contributed by atoms with Crippen molar-refractivity contribution in [3.05, 3.63) is 97.3 Å². The quantitative estimate of drug-likeness (QED) is 0.568. The summed E-state index contributed by atoms with van der Waals surface area (Å²) in [7, 11) is 0. The van der Waals surface area contributed by atoms with Crippen molar-refractivity contribution in [3.8, 4) is 5.69 Å².